The van der Waals surface area contributed by atoms with Crippen LogP contribution >= 0.6 is 0 Å². The number of hydrogen-bond acceptors (Lipinski definition) is 7. The summed E-state index contributed by atoms with van der Waals surface area (Å²) >= 11 is 0. The van der Waals surface area contributed by atoms with E-state index >= 15 is 0 Å². The van der Waals surface area contributed by atoms with E-state index in [9.17, 15) is 9.59 Å². The number of allylic oxidation sites excluding steroid dienone is 3. The Labute approximate surface area is 193 Å². The highest BCUT2D eigenvalue weighted by Crippen LogP contribution is 2.28. The van der Waals surface area contributed by atoms with Gasteiger partial charge in [0, 0.05) is 11.6 Å². The topological polar surface area (TPSA) is 96.0 Å². The molecular formula is C26H26O7. The highest BCUT2D eigenvalue weighted by atomic mass is 16.6. The molecular weight excluding hydrogens is 424 g/mol. The number of ketones is 1. The number of benzene rings is 2. The Morgan fingerprint density at radius 2 is 1.39 bits per heavy atom. The van der Waals surface area contributed by atoms with Gasteiger partial charge < -0.3 is 14.2 Å². The molecule has 172 valence electrons. The van der Waals surface area contributed by atoms with Gasteiger partial charge in [0.1, 0.15) is 18.3 Å². The van der Waals surface area contributed by atoms with Gasteiger partial charge in [0.05, 0.1) is 14.2 Å². The minimum absolute atomic E-state index is 0.135. The van der Waals surface area contributed by atoms with Crippen LogP contribution in [0.3, 0.4) is 0 Å². The Morgan fingerprint density at radius 1 is 0.818 bits per heavy atom. The molecule has 7 heteroatoms. The first-order valence-corrected chi connectivity index (χ1v) is 9.41. The Balaban J connectivity index is 0.00000111. The highest BCUT2D eigenvalue weighted by molar-refractivity contribution is 6.06. The molecule has 0 unspecified atom stereocenters. The molecule has 0 saturated heterocycles. The molecule has 0 heterocycles. The first-order chi connectivity index (χ1) is 15.9. The Morgan fingerprint density at radius 3 is 1.85 bits per heavy atom. The van der Waals surface area contributed by atoms with Crippen molar-refractivity contribution >= 4 is 30.4 Å². The lowest BCUT2D eigenvalue weighted by Crippen LogP contribution is -2.04. The van der Waals surface area contributed by atoms with E-state index in [0.717, 1.165) is 11.6 Å². The van der Waals surface area contributed by atoms with Crippen molar-refractivity contribution in [3.8, 4) is 17.2 Å². The Kier molecular flexibility index (Phi) is 14.8. The summed E-state index contributed by atoms with van der Waals surface area (Å²) in [6.45, 7) is 9.57. The number of esters is 1. The lowest BCUT2D eigenvalue weighted by atomic mass is 10.1. The predicted octanol–water partition coefficient (Wildman–Crippen LogP) is 4.43. The molecule has 0 aromatic heterocycles. The average molecular weight is 450 g/mol. The summed E-state index contributed by atoms with van der Waals surface area (Å²) in [5.74, 6) is 0.648. The fourth-order valence-corrected chi connectivity index (χ4v) is 2.05. The average Bonchev–Trinajstić information content (AvgIpc) is 2.87. The molecule has 33 heavy (non-hydrogen) atoms. The van der Waals surface area contributed by atoms with Crippen LogP contribution in [0.1, 0.15) is 15.9 Å². The van der Waals surface area contributed by atoms with Gasteiger partial charge in [-0.15, -0.1) is 0 Å². The number of carbonyl (C=O) groups is 4. The lowest BCUT2D eigenvalue weighted by Gasteiger charge is -2.08. The molecule has 7 nitrogen and oxygen atoms in total. The van der Waals surface area contributed by atoms with Crippen molar-refractivity contribution in [2.45, 2.75) is 0 Å². The highest BCUT2D eigenvalue weighted by Gasteiger charge is 2.08. The standard InChI is InChI=1S/C20H18O5.2C3H4O/c1-4-20(22)25-18-12-6-14(13-19(18)24-3)5-11-17(21)15-7-9-16(23-2)10-8-15;2*1-2-3-4/h4-13H,1H2,2-3H3;2*2-3H,1H2/b11-5+;;. The fraction of sp³-hybridized carbons (Fsp3) is 0.0769. The van der Waals surface area contributed by atoms with Gasteiger partial charge in [-0.25, -0.2) is 4.79 Å². The third kappa shape index (κ3) is 11.4. The van der Waals surface area contributed by atoms with Crippen LogP contribution in [0, 0.1) is 0 Å². The van der Waals surface area contributed by atoms with Crippen molar-refractivity contribution in [2.24, 2.45) is 0 Å². The van der Waals surface area contributed by atoms with Gasteiger partial charge in [0.25, 0.3) is 0 Å². The van der Waals surface area contributed by atoms with E-state index in [4.69, 9.17) is 23.8 Å². The van der Waals surface area contributed by atoms with Crippen LogP contribution in [0.5, 0.6) is 17.2 Å². The third-order valence-corrected chi connectivity index (χ3v) is 3.56. The molecule has 0 bridgehead atoms. The van der Waals surface area contributed by atoms with Crippen molar-refractivity contribution in [3.05, 3.63) is 97.6 Å². The molecule has 0 N–H and O–H groups in total. The van der Waals surface area contributed by atoms with Gasteiger partial charge in [-0.05, 0) is 60.2 Å². The maximum atomic E-state index is 12.2. The summed E-state index contributed by atoms with van der Waals surface area (Å²) in [4.78, 5) is 41.6. The number of hydrogen-bond donors (Lipinski definition) is 0. The smallest absolute Gasteiger partial charge is 0.335 e. The molecule has 0 amide bonds. The summed E-state index contributed by atoms with van der Waals surface area (Å²) in [6, 6.07) is 11.8. The van der Waals surface area contributed by atoms with Crippen LogP contribution in [0.4, 0.5) is 0 Å². The van der Waals surface area contributed by atoms with Gasteiger partial charge in [-0.3, -0.25) is 14.4 Å². The number of methoxy groups -OCH3 is 2. The van der Waals surface area contributed by atoms with Crippen molar-refractivity contribution in [3.63, 3.8) is 0 Å². The zero-order valence-corrected chi connectivity index (χ0v) is 18.6. The summed E-state index contributed by atoms with van der Waals surface area (Å²) in [5, 5.41) is 0. The van der Waals surface area contributed by atoms with Gasteiger partial charge in [0.15, 0.2) is 17.3 Å². The van der Waals surface area contributed by atoms with E-state index in [1.165, 1.54) is 25.3 Å². The molecule has 0 aliphatic rings. The summed E-state index contributed by atoms with van der Waals surface area (Å²) < 4.78 is 15.3. The molecule has 0 radical (unpaired) electrons. The minimum Gasteiger partial charge on any atom is -0.497 e. The van der Waals surface area contributed by atoms with Gasteiger partial charge in [-0.1, -0.05) is 31.9 Å². The third-order valence-electron chi connectivity index (χ3n) is 3.56. The number of rotatable bonds is 9. The van der Waals surface area contributed by atoms with Crippen molar-refractivity contribution in [1.82, 2.24) is 0 Å². The summed E-state index contributed by atoms with van der Waals surface area (Å²) in [7, 11) is 3.04. The first kappa shape index (κ1) is 28.5. The summed E-state index contributed by atoms with van der Waals surface area (Å²) in [6.07, 6.45) is 7.86. The van der Waals surface area contributed by atoms with Crippen LogP contribution in [-0.2, 0) is 14.4 Å². The second kappa shape index (κ2) is 17.2. The van der Waals surface area contributed by atoms with Crippen LogP contribution in [0.15, 0.2) is 86.5 Å². The zero-order valence-electron chi connectivity index (χ0n) is 18.6. The minimum atomic E-state index is -0.573. The normalized spacial score (nSPS) is 9.03. The SMILES string of the molecule is C=CC(=O)Oc1ccc(/C=C/C(=O)c2ccc(OC)cc2)cc1OC.C=CC=O.C=CC=O. The van der Waals surface area contributed by atoms with Crippen LogP contribution in [0.25, 0.3) is 6.08 Å². The molecule has 0 saturated carbocycles. The largest absolute Gasteiger partial charge is 0.497 e. The Hall–Kier alpha value is -4.52. The molecule has 2 aromatic carbocycles. The summed E-state index contributed by atoms with van der Waals surface area (Å²) in [5.41, 5.74) is 1.29. The first-order valence-electron chi connectivity index (χ1n) is 9.41. The molecule has 0 spiro atoms. The van der Waals surface area contributed by atoms with Crippen molar-refractivity contribution < 1.29 is 33.4 Å². The van der Waals surface area contributed by atoms with Crippen LogP contribution < -0.4 is 14.2 Å². The van der Waals surface area contributed by atoms with E-state index in [1.807, 2.05) is 0 Å². The number of ether oxygens (including phenoxy) is 3. The van der Waals surface area contributed by atoms with Gasteiger partial charge in [0.2, 0.25) is 0 Å². The second-order valence-corrected chi connectivity index (χ2v) is 5.71. The maximum Gasteiger partial charge on any atom is 0.335 e. The maximum absolute atomic E-state index is 12.2. The Bertz CT molecular complexity index is 962. The van der Waals surface area contributed by atoms with Crippen molar-refractivity contribution in [1.29, 1.82) is 0 Å². The van der Waals surface area contributed by atoms with Crippen molar-refractivity contribution in [2.75, 3.05) is 14.2 Å². The molecule has 0 aliphatic heterocycles. The molecule has 0 aliphatic carbocycles. The molecule has 0 fully saturated rings. The lowest BCUT2D eigenvalue weighted by molar-refractivity contribution is -0.129. The van der Waals surface area contributed by atoms with Gasteiger partial charge in [-0.2, -0.15) is 0 Å². The van der Waals surface area contributed by atoms with Gasteiger partial charge >= 0.3 is 5.97 Å². The van der Waals surface area contributed by atoms with Crippen LogP contribution in [0.2, 0.25) is 0 Å². The number of aldehydes is 2. The number of carbonyl (C=O) groups excluding carboxylic acids is 4. The second-order valence-electron chi connectivity index (χ2n) is 5.71. The van der Waals surface area contributed by atoms with E-state index < -0.39 is 5.97 Å². The van der Waals surface area contributed by atoms with E-state index in [1.54, 1.807) is 55.7 Å². The molecule has 2 aromatic rings. The molecule has 2 rings (SSSR count). The fourth-order valence-electron chi connectivity index (χ4n) is 2.05. The van der Waals surface area contributed by atoms with E-state index in [0.29, 0.717) is 29.6 Å². The molecule has 0 atom stereocenters. The zero-order chi connectivity index (χ0) is 25.1. The van der Waals surface area contributed by atoms with Crippen LogP contribution in [-0.4, -0.2) is 38.5 Å². The monoisotopic (exact) mass is 450 g/mol. The van der Waals surface area contributed by atoms with E-state index in [-0.39, 0.29) is 11.5 Å². The van der Waals surface area contributed by atoms with E-state index in [2.05, 4.69) is 19.7 Å². The predicted molar refractivity (Wildman–Crippen MR) is 128 cm³/mol. The quantitative estimate of drug-likeness (QED) is 0.183.